The van der Waals surface area contributed by atoms with E-state index in [1.807, 2.05) is 24.3 Å². The molecular weight excluding hydrogens is 432 g/mol. The average molecular weight is 446 g/mol. The highest BCUT2D eigenvalue weighted by Crippen LogP contribution is 2.63. The van der Waals surface area contributed by atoms with Crippen LogP contribution in [0.1, 0.15) is 22.3 Å². The quantitative estimate of drug-likeness (QED) is 0.234. The monoisotopic (exact) mass is 444 g/mol. The van der Waals surface area contributed by atoms with Crippen molar-refractivity contribution in [3.05, 3.63) is 117 Å². The van der Waals surface area contributed by atoms with E-state index >= 15 is 0 Å². The van der Waals surface area contributed by atoms with Crippen molar-refractivity contribution in [3.63, 3.8) is 0 Å². The van der Waals surface area contributed by atoms with E-state index in [4.69, 9.17) is 16.3 Å². The molecule has 28 heavy (non-hydrogen) atoms. The second-order valence-electron chi connectivity index (χ2n) is 7.17. The van der Waals surface area contributed by atoms with Crippen LogP contribution in [-0.2, 0) is 5.41 Å². The lowest BCUT2D eigenvalue weighted by molar-refractivity contribution is 0.436. The molecule has 134 valence electrons. The maximum absolute atomic E-state index is 6.62. The minimum Gasteiger partial charge on any atom is -0.455 e. The summed E-state index contributed by atoms with van der Waals surface area (Å²) in [5.41, 5.74) is 6.77. The fourth-order valence-electron chi connectivity index (χ4n) is 4.89. The Kier molecular flexibility index (Phi) is 3.36. The molecule has 0 fully saturated rings. The predicted molar refractivity (Wildman–Crippen MR) is 117 cm³/mol. The minimum atomic E-state index is -0.454. The van der Waals surface area contributed by atoms with Crippen LogP contribution in [0.3, 0.4) is 0 Å². The number of para-hydroxylation sites is 2. The lowest BCUT2D eigenvalue weighted by Gasteiger charge is -2.39. The summed E-state index contributed by atoms with van der Waals surface area (Å²) in [7, 11) is 0. The standard InChI is InChI=1S/C25H14BrClO/c26-20-12-5-10-18-23(20)15-7-1-2-8-16(15)25(18)17-9-3-4-14-22(17)28-24-19(25)11-6-13-21(24)27/h1-14H. The number of halogens is 2. The van der Waals surface area contributed by atoms with E-state index in [1.54, 1.807) is 0 Å². The van der Waals surface area contributed by atoms with Gasteiger partial charge in [-0.3, -0.25) is 0 Å². The number of fused-ring (bicyclic) bond motifs is 9. The van der Waals surface area contributed by atoms with Crippen LogP contribution in [0.5, 0.6) is 11.5 Å². The van der Waals surface area contributed by atoms with Gasteiger partial charge in [0.05, 0.1) is 10.4 Å². The van der Waals surface area contributed by atoms with E-state index in [0.717, 1.165) is 27.1 Å². The van der Waals surface area contributed by atoms with Crippen molar-refractivity contribution >= 4 is 27.5 Å². The van der Waals surface area contributed by atoms with Gasteiger partial charge in [0.1, 0.15) is 5.75 Å². The van der Waals surface area contributed by atoms with Crippen LogP contribution in [-0.4, -0.2) is 0 Å². The number of benzene rings is 4. The molecule has 4 aromatic rings. The van der Waals surface area contributed by atoms with Gasteiger partial charge < -0.3 is 4.74 Å². The molecule has 0 bridgehead atoms. The molecule has 2 aliphatic rings. The zero-order chi connectivity index (χ0) is 18.9. The summed E-state index contributed by atoms with van der Waals surface area (Å²) in [6.07, 6.45) is 0. The van der Waals surface area contributed by atoms with Crippen molar-refractivity contribution in [2.24, 2.45) is 0 Å². The van der Waals surface area contributed by atoms with Gasteiger partial charge in [-0.25, -0.2) is 0 Å². The Morgan fingerprint density at radius 1 is 0.679 bits per heavy atom. The molecule has 0 saturated carbocycles. The fourth-order valence-corrected chi connectivity index (χ4v) is 5.69. The first-order valence-electron chi connectivity index (χ1n) is 9.18. The van der Waals surface area contributed by atoms with E-state index in [1.165, 1.54) is 22.3 Å². The first-order chi connectivity index (χ1) is 13.7. The van der Waals surface area contributed by atoms with Crippen molar-refractivity contribution in [1.82, 2.24) is 0 Å². The maximum atomic E-state index is 6.62. The summed E-state index contributed by atoms with van der Waals surface area (Å²) in [4.78, 5) is 0. The summed E-state index contributed by atoms with van der Waals surface area (Å²) in [5.74, 6) is 1.59. The SMILES string of the molecule is Clc1cccc2c1Oc1ccccc1C21c2ccccc2-c2c(Br)cccc21. The van der Waals surface area contributed by atoms with Crippen molar-refractivity contribution in [2.45, 2.75) is 5.41 Å². The lowest BCUT2D eigenvalue weighted by atomic mass is 9.66. The number of hydrogen-bond acceptors (Lipinski definition) is 1. The second kappa shape index (κ2) is 5.73. The molecular formula is C25H14BrClO. The van der Waals surface area contributed by atoms with Gasteiger partial charge in [0, 0.05) is 21.2 Å². The molecule has 1 aliphatic heterocycles. The molecule has 1 aliphatic carbocycles. The Hall–Kier alpha value is -2.55. The summed E-state index contributed by atoms with van der Waals surface area (Å²) in [6.45, 7) is 0. The highest BCUT2D eigenvalue weighted by Gasteiger charge is 2.51. The van der Waals surface area contributed by atoms with Crippen molar-refractivity contribution in [3.8, 4) is 22.6 Å². The van der Waals surface area contributed by atoms with Crippen LogP contribution in [0.4, 0.5) is 0 Å². The highest BCUT2D eigenvalue weighted by molar-refractivity contribution is 9.10. The van der Waals surface area contributed by atoms with Crippen LogP contribution in [0.2, 0.25) is 5.02 Å². The zero-order valence-corrected chi connectivity index (χ0v) is 17.1. The molecule has 6 rings (SSSR count). The third-order valence-corrected chi connectivity index (χ3v) is 6.85. The van der Waals surface area contributed by atoms with E-state index in [0.29, 0.717) is 5.02 Å². The van der Waals surface area contributed by atoms with Crippen LogP contribution >= 0.6 is 27.5 Å². The average Bonchev–Trinajstić information content (AvgIpc) is 3.02. The Morgan fingerprint density at radius 3 is 2.25 bits per heavy atom. The zero-order valence-electron chi connectivity index (χ0n) is 14.7. The largest absolute Gasteiger partial charge is 0.455 e. The van der Waals surface area contributed by atoms with Crippen molar-refractivity contribution in [2.75, 3.05) is 0 Å². The van der Waals surface area contributed by atoms with Crippen molar-refractivity contribution < 1.29 is 4.74 Å². The van der Waals surface area contributed by atoms with E-state index in [-0.39, 0.29) is 0 Å². The summed E-state index contributed by atoms with van der Waals surface area (Å²) in [5, 5.41) is 0.632. The van der Waals surface area contributed by atoms with Gasteiger partial charge in [0.25, 0.3) is 0 Å². The molecule has 1 heterocycles. The van der Waals surface area contributed by atoms with Crippen LogP contribution < -0.4 is 4.74 Å². The molecule has 0 saturated heterocycles. The molecule has 3 heteroatoms. The first-order valence-corrected chi connectivity index (χ1v) is 10.3. The third kappa shape index (κ3) is 1.87. The summed E-state index contributed by atoms with van der Waals surface area (Å²) in [6, 6.07) is 29.4. The van der Waals surface area contributed by atoms with Gasteiger partial charge in [-0.15, -0.1) is 0 Å². The lowest BCUT2D eigenvalue weighted by Crippen LogP contribution is -2.32. The molecule has 1 spiro atoms. The van der Waals surface area contributed by atoms with E-state index < -0.39 is 5.41 Å². The molecule has 1 nitrogen and oxygen atoms in total. The van der Waals surface area contributed by atoms with Crippen LogP contribution in [0.25, 0.3) is 11.1 Å². The first kappa shape index (κ1) is 16.4. The summed E-state index contributed by atoms with van der Waals surface area (Å²) >= 11 is 10.4. The number of hydrogen-bond donors (Lipinski definition) is 0. The maximum Gasteiger partial charge on any atom is 0.150 e. The highest BCUT2D eigenvalue weighted by atomic mass is 79.9. The van der Waals surface area contributed by atoms with Gasteiger partial charge in [-0.1, -0.05) is 94.3 Å². The molecule has 0 amide bonds. The fraction of sp³-hybridized carbons (Fsp3) is 0.0400. The van der Waals surface area contributed by atoms with Crippen LogP contribution in [0, 0.1) is 0 Å². The van der Waals surface area contributed by atoms with E-state index in [2.05, 4.69) is 76.6 Å². The molecule has 0 radical (unpaired) electrons. The second-order valence-corrected chi connectivity index (χ2v) is 8.43. The Labute approximate surface area is 176 Å². The van der Waals surface area contributed by atoms with Gasteiger partial charge in [-0.05, 0) is 34.9 Å². The Morgan fingerprint density at radius 2 is 1.36 bits per heavy atom. The van der Waals surface area contributed by atoms with Gasteiger partial charge >= 0.3 is 0 Å². The van der Waals surface area contributed by atoms with Gasteiger partial charge in [0.2, 0.25) is 0 Å². The number of ether oxygens (including phenoxy) is 1. The van der Waals surface area contributed by atoms with Crippen LogP contribution in [0.15, 0.2) is 89.4 Å². The smallest absolute Gasteiger partial charge is 0.150 e. The normalized spacial score (nSPS) is 18.1. The summed E-state index contributed by atoms with van der Waals surface area (Å²) < 4.78 is 7.41. The topological polar surface area (TPSA) is 9.23 Å². The molecule has 0 aromatic heterocycles. The minimum absolute atomic E-state index is 0.454. The van der Waals surface area contributed by atoms with E-state index in [9.17, 15) is 0 Å². The van der Waals surface area contributed by atoms with Crippen molar-refractivity contribution in [1.29, 1.82) is 0 Å². The third-order valence-electron chi connectivity index (χ3n) is 5.89. The Balaban J connectivity index is 1.88. The molecule has 0 N–H and O–H groups in total. The molecule has 1 unspecified atom stereocenters. The molecule has 4 aromatic carbocycles. The number of rotatable bonds is 0. The Bertz CT molecular complexity index is 1280. The molecule has 1 atom stereocenters. The predicted octanol–water partition coefficient (Wildman–Crippen LogP) is 7.57. The van der Waals surface area contributed by atoms with Gasteiger partial charge in [-0.2, -0.15) is 0 Å². The van der Waals surface area contributed by atoms with Gasteiger partial charge in [0.15, 0.2) is 5.75 Å².